The second kappa shape index (κ2) is 6.68. The lowest BCUT2D eigenvalue weighted by molar-refractivity contribution is -0.121. The van der Waals surface area contributed by atoms with E-state index in [9.17, 15) is 14.0 Å². The third kappa shape index (κ3) is 3.79. The molecule has 7 heteroatoms. The van der Waals surface area contributed by atoms with Gasteiger partial charge >= 0.3 is 5.97 Å². The lowest BCUT2D eigenvalue weighted by atomic mass is 10.1. The zero-order valence-corrected chi connectivity index (χ0v) is 13.9. The van der Waals surface area contributed by atoms with Crippen LogP contribution in [0.25, 0.3) is 0 Å². The van der Waals surface area contributed by atoms with Crippen molar-refractivity contribution in [2.45, 2.75) is 32.2 Å². The summed E-state index contributed by atoms with van der Waals surface area (Å²) in [6.45, 7) is 1.97. The molecule has 24 heavy (non-hydrogen) atoms. The summed E-state index contributed by atoms with van der Waals surface area (Å²) < 4.78 is 13.7. The molecule has 2 N–H and O–H groups in total. The highest BCUT2D eigenvalue weighted by molar-refractivity contribution is 7.11. The van der Waals surface area contributed by atoms with Crippen molar-refractivity contribution in [3.05, 3.63) is 51.2 Å². The van der Waals surface area contributed by atoms with Gasteiger partial charge in [-0.3, -0.25) is 4.79 Å². The van der Waals surface area contributed by atoms with Crippen molar-refractivity contribution in [1.82, 2.24) is 10.3 Å². The molecule has 0 saturated heterocycles. The molecule has 3 rings (SSSR count). The Morgan fingerprint density at radius 2 is 2.21 bits per heavy atom. The number of nitrogens with zero attached hydrogens (tertiary/aromatic N) is 1. The van der Waals surface area contributed by atoms with Crippen molar-refractivity contribution >= 4 is 23.2 Å². The van der Waals surface area contributed by atoms with Gasteiger partial charge in [-0.1, -0.05) is 6.07 Å². The fraction of sp³-hybridized carbons (Fsp3) is 0.353. The first-order chi connectivity index (χ1) is 11.4. The monoisotopic (exact) mass is 348 g/mol. The van der Waals surface area contributed by atoms with Crippen molar-refractivity contribution in [2.24, 2.45) is 5.92 Å². The van der Waals surface area contributed by atoms with Crippen LogP contribution in [0.5, 0.6) is 0 Å². The summed E-state index contributed by atoms with van der Waals surface area (Å²) in [4.78, 5) is 28.6. The zero-order valence-electron chi connectivity index (χ0n) is 13.1. The van der Waals surface area contributed by atoms with Gasteiger partial charge in [0.2, 0.25) is 5.91 Å². The van der Waals surface area contributed by atoms with Gasteiger partial charge < -0.3 is 10.4 Å². The molecule has 0 spiro atoms. The predicted octanol–water partition coefficient (Wildman–Crippen LogP) is 3.10. The molecule has 1 amide bonds. The van der Waals surface area contributed by atoms with Crippen LogP contribution in [-0.4, -0.2) is 22.0 Å². The summed E-state index contributed by atoms with van der Waals surface area (Å²) in [5.74, 6) is -1.97. The van der Waals surface area contributed by atoms with Gasteiger partial charge in [0, 0.05) is 11.1 Å². The van der Waals surface area contributed by atoms with E-state index in [0.29, 0.717) is 11.5 Å². The van der Waals surface area contributed by atoms with E-state index in [1.54, 1.807) is 17.5 Å². The molecule has 126 valence electrons. The van der Waals surface area contributed by atoms with E-state index in [1.165, 1.54) is 12.1 Å². The first kappa shape index (κ1) is 16.6. The molecule has 5 nitrogen and oxygen atoms in total. The third-order valence-electron chi connectivity index (χ3n) is 3.94. The number of aryl methyl sites for hydroxylation is 1. The molecule has 1 unspecified atom stereocenters. The number of benzene rings is 1. The molecule has 2 aromatic rings. The van der Waals surface area contributed by atoms with E-state index in [-0.39, 0.29) is 18.4 Å². The van der Waals surface area contributed by atoms with Gasteiger partial charge in [0.15, 0.2) is 0 Å². The molecular formula is C17H17FN2O3S. The van der Waals surface area contributed by atoms with Crippen molar-refractivity contribution in [3.8, 4) is 0 Å². The summed E-state index contributed by atoms with van der Waals surface area (Å²) >= 11 is 1.57. The Morgan fingerprint density at radius 1 is 1.46 bits per heavy atom. The number of nitrogens with one attached hydrogen (secondary N) is 1. The topological polar surface area (TPSA) is 79.3 Å². The number of halogens is 1. The Labute approximate surface area is 142 Å². The fourth-order valence-corrected chi connectivity index (χ4v) is 3.50. The minimum atomic E-state index is -1.32. The molecule has 0 radical (unpaired) electrons. The van der Waals surface area contributed by atoms with Crippen LogP contribution in [0.15, 0.2) is 24.4 Å². The van der Waals surface area contributed by atoms with Crippen LogP contribution >= 0.6 is 11.3 Å². The predicted molar refractivity (Wildman–Crippen MR) is 87.5 cm³/mol. The number of rotatable bonds is 6. The third-order valence-corrected chi connectivity index (χ3v) is 4.94. The van der Waals surface area contributed by atoms with Crippen LogP contribution in [0.1, 0.15) is 44.7 Å². The van der Waals surface area contributed by atoms with Gasteiger partial charge in [0.1, 0.15) is 10.8 Å². The number of aromatic nitrogens is 1. The lowest BCUT2D eigenvalue weighted by Gasteiger charge is -2.16. The normalized spacial score (nSPS) is 15.1. The average Bonchev–Trinajstić information content (AvgIpc) is 3.26. The SMILES string of the molecule is Cc1cnc(C(NC(=O)Cc2ccc(C(=O)O)c(F)c2)C2CC2)s1. The van der Waals surface area contributed by atoms with E-state index in [1.807, 2.05) is 6.92 Å². The zero-order chi connectivity index (χ0) is 17.3. The van der Waals surface area contributed by atoms with E-state index < -0.39 is 17.3 Å². The van der Waals surface area contributed by atoms with Crippen molar-refractivity contribution in [3.63, 3.8) is 0 Å². The quantitative estimate of drug-likeness (QED) is 0.841. The number of carbonyl (C=O) groups is 2. The Hall–Kier alpha value is -2.28. The number of thiazole rings is 1. The number of carboxylic acids is 1. The summed E-state index contributed by atoms with van der Waals surface area (Å²) in [5.41, 5.74) is 0.0492. The minimum absolute atomic E-state index is 0.00436. The van der Waals surface area contributed by atoms with Crippen molar-refractivity contribution in [1.29, 1.82) is 0 Å². The molecule has 1 aliphatic carbocycles. The number of carbonyl (C=O) groups excluding carboxylic acids is 1. The molecule has 1 atom stereocenters. The van der Waals surface area contributed by atoms with Gasteiger partial charge in [0.05, 0.1) is 18.0 Å². The summed E-state index contributed by atoms with van der Waals surface area (Å²) in [5, 5.41) is 12.7. The molecule has 1 aromatic carbocycles. The lowest BCUT2D eigenvalue weighted by Crippen LogP contribution is -2.31. The maximum absolute atomic E-state index is 13.7. The largest absolute Gasteiger partial charge is 0.478 e. The summed E-state index contributed by atoms with van der Waals surface area (Å²) in [7, 11) is 0. The van der Waals surface area contributed by atoms with Crippen LogP contribution in [0.3, 0.4) is 0 Å². The molecule has 1 aromatic heterocycles. The number of hydrogen-bond acceptors (Lipinski definition) is 4. The smallest absolute Gasteiger partial charge is 0.338 e. The molecule has 1 saturated carbocycles. The van der Waals surface area contributed by atoms with Gasteiger partial charge in [-0.2, -0.15) is 0 Å². The van der Waals surface area contributed by atoms with E-state index in [4.69, 9.17) is 5.11 Å². The van der Waals surface area contributed by atoms with E-state index >= 15 is 0 Å². The number of carboxylic acid groups (broad SMARTS) is 1. The standard InChI is InChI=1S/C17H17FN2O3S/c1-9-8-19-16(24-9)15(11-3-4-11)20-14(21)7-10-2-5-12(17(22)23)13(18)6-10/h2,5-6,8,11,15H,3-4,7H2,1H3,(H,20,21)(H,22,23). The van der Waals surface area contributed by atoms with Gasteiger partial charge in [0.25, 0.3) is 0 Å². The molecule has 1 heterocycles. The second-order valence-corrected chi connectivity index (χ2v) is 7.25. The van der Waals surface area contributed by atoms with Gasteiger partial charge in [-0.05, 0) is 43.4 Å². The van der Waals surface area contributed by atoms with E-state index in [2.05, 4.69) is 10.3 Å². The Balaban J connectivity index is 1.68. The average molecular weight is 348 g/mol. The highest BCUT2D eigenvalue weighted by atomic mass is 32.1. The first-order valence-corrected chi connectivity index (χ1v) is 8.49. The van der Waals surface area contributed by atoms with Crippen LogP contribution in [0.4, 0.5) is 4.39 Å². The van der Waals surface area contributed by atoms with E-state index in [0.717, 1.165) is 28.8 Å². The minimum Gasteiger partial charge on any atom is -0.478 e. The van der Waals surface area contributed by atoms with Gasteiger partial charge in [-0.25, -0.2) is 14.2 Å². The fourth-order valence-electron chi connectivity index (χ4n) is 2.58. The van der Waals surface area contributed by atoms with Crippen LogP contribution in [0.2, 0.25) is 0 Å². The van der Waals surface area contributed by atoms with Crippen LogP contribution in [0, 0.1) is 18.7 Å². The molecular weight excluding hydrogens is 331 g/mol. The Bertz CT molecular complexity index is 786. The second-order valence-electron chi connectivity index (χ2n) is 5.99. The molecule has 0 bridgehead atoms. The summed E-state index contributed by atoms with van der Waals surface area (Å²) in [6.07, 6.45) is 3.92. The van der Waals surface area contributed by atoms with Crippen molar-refractivity contribution < 1.29 is 19.1 Å². The highest BCUT2D eigenvalue weighted by Crippen LogP contribution is 2.42. The maximum Gasteiger partial charge on any atom is 0.338 e. The Kier molecular flexibility index (Phi) is 4.62. The molecule has 1 fully saturated rings. The highest BCUT2D eigenvalue weighted by Gasteiger charge is 2.35. The van der Waals surface area contributed by atoms with Gasteiger partial charge in [-0.15, -0.1) is 11.3 Å². The van der Waals surface area contributed by atoms with Crippen LogP contribution < -0.4 is 5.32 Å². The number of aromatic carboxylic acids is 1. The molecule has 0 aliphatic heterocycles. The van der Waals surface area contributed by atoms with Crippen molar-refractivity contribution in [2.75, 3.05) is 0 Å². The van der Waals surface area contributed by atoms with Crippen LogP contribution in [-0.2, 0) is 11.2 Å². The maximum atomic E-state index is 13.7. The number of hydrogen-bond donors (Lipinski definition) is 2. The number of amides is 1. The Morgan fingerprint density at radius 3 is 2.75 bits per heavy atom. The summed E-state index contributed by atoms with van der Waals surface area (Å²) in [6, 6.07) is 3.65. The first-order valence-electron chi connectivity index (χ1n) is 7.67. The molecule has 1 aliphatic rings.